The van der Waals surface area contributed by atoms with Crippen LogP contribution in [0.25, 0.3) is 56.3 Å². The van der Waals surface area contributed by atoms with Gasteiger partial charge in [-0.1, -0.05) is 79.9 Å². The second-order valence-corrected chi connectivity index (χ2v) is 9.53. The second kappa shape index (κ2) is 9.17. The van der Waals surface area contributed by atoms with E-state index in [4.69, 9.17) is 0 Å². The van der Waals surface area contributed by atoms with Crippen LogP contribution in [0.4, 0.5) is 0 Å². The lowest BCUT2D eigenvalue weighted by Gasteiger charge is -2.08. The van der Waals surface area contributed by atoms with Gasteiger partial charge >= 0.3 is 0 Å². The van der Waals surface area contributed by atoms with Gasteiger partial charge in [-0.3, -0.25) is 0 Å². The molecule has 34 heavy (non-hydrogen) atoms. The largest absolute Gasteiger partial charge is 0.309 e. The first-order valence-corrected chi connectivity index (χ1v) is 12.3. The molecule has 0 N–H and O–H groups in total. The molecule has 4 aromatic carbocycles. The van der Waals surface area contributed by atoms with Crippen molar-refractivity contribution in [2.24, 2.45) is 0 Å². The molecule has 0 aliphatic heterocycles. The van der Waals surface area contributed by atoms with Gasteiger partial charge in [-0.05, 0) is 72.0 Å². The van der Waals surface area contributed by atoms with Crippen LogP contribution in [0, 0.1) is 0 Å². The SMILES string of the molecule is C/C=C(\C)c1ccc2c(c1)c1ccccc1n2-c1ccccc1.C=c1sc2ccccc2c1=C. The van der Waals surface area contributed by atoms with Gasteiger partial charge in [0.1, 0.15) is 0 Å². The summed E-state index contributed by atoms with van der Waals surface area (Å²) in [5, 5.41) is 4.92. The maximum Gasteiger partial charge on any atom is 0.0541 e. The Balaban J connectivity index is 0.000000183. The average Bonchev–Trinajstić information content (AvgIpc) is 3.37. The molecule has 2 heterocycles. The van der Waals surface area contributed by atoms with Crippen molar-refractivity contribution >= 4 is 62.0 Å². The number of thiophene rings is 1. The van der Waals surface area contributed by atoms with Gasteiger partial charge in [0.25, 0.3) is 0 Å². The summed E-state index contributed by atoms with van der Waals surface area (Å²) >= 11 is 1.71. The molecule has 2 heteroatoms. The quantitative estimate of drug-likeness (QED) is 0.249. The van der Waals surface area contributed by atoms with Crippen molar-refractivity contribution in [2.75, 3.05) is 0 Å². The van der Waals surface area contributed by atoms with Crippen molar-refractivity contribution in [1.82, 2.24) is 4.57 Å². The standard InChI is InChI=1S/C22H19N.C10H8S/c1-3-16(2)17-13-14-22-20(15-17)19-11-7-8-12-21(19)23(22)18-9-5-4-6-10-18;1-7-8(2)11-10-6-4-3-5-9(7)10/h3-15H,1-2H3;3-6H,1-2H2/b16-3+;. The van der Waals surface area contributed by atoms with Crippen LogP contribution in [0.5, 0.6) is 0 Å². The fraction of sp³-hybridized carbons (Fsp3) is 0.0625. The van der Waals surface area contributed by atoms with E-state index >= 15 is 0 Å². The molecule has 0 radical (unpaired) electrons. The second-order valence-electron chi connectivity index (χ2n) is 8.39. The Morgan fingerprint density at radius 2 is 1.38 bits per heavy atom. The predicted octanol–water partition coefficient (Wildman–Crippen LogP) is 7.93. The zero-order valence-electron chi connectivity index (χ0n) is 19.6. The fourth-order valence-electron chi connectivity index (χ4n) is 4.39. The van der Waals surface area contributed by atoms with Crippen molar-refractivity contribution in [3.8, 4) is 5.69 Å². The van der Waals surface area contributed by atoms with Crippen LogP contribution in [0.1, 0.15) is 19.4 Å². The van der Waals surface area contributed by atoms with E-state index in [0.29, 0.717) is 0 Å². The zero-order valence-corrected chi connectivity index (χ0v) is 20.4. The maximum atomic E-state index is 3.96. The summed E-state index contributed by atoms with van der Waals surface area (Å²) < 4.78 is 4.70. The minimum Gasteiger partial charge on any atom is -0.309 e. The third-order valence-electron chi connectivity index (χ3n) is 6.36. The minimum atomic E-state index is 1.07. The molecule has 0 saturated heterocycles. The monoisotopic (exact) mass is 457 g/mol. The molecule has 0 unspecified atom stereocenters. The molecule has 0 amide bonds. The van der Waals surface area contributed by atoms with Crippen molar-refractivity contribution < 1.29 is 0 Å². The lowest BCUT2D eigenvalue weighted by Crippen LogP contribution is -2.13. The number of para-hydroxylation sites is 2. The molecule has 0 fully saturated rings. The smallest absolute Gasteiger partial charge is 0.0541 e. The first kappa shape index (κ1) is 21.9. The van der Waals surface area contributed by atoms with Crippen LogP contribution in [0.2, 0.25) is 0 Å². The average molecular weight is 458 g/mol. The first-order valence-electron chi connectivity index (χ1n) is 11.5. The molecule has 0 saturated carbocycles. The van der Waals surface area contributed by atoms with Gasteiger partial charge in [0, 0.05) is 25.7 Å². The van der Waals surface area contributed by atoms with E-state index in [2.05, 4.69) is 123 Å². The normalized spacial score (nSPS) is 11.6. The Morgan fingerprint density at radius 3 is 2.12 bits per heavy atom. The highest BCUT2D eigenvalue weighted by molar-refractivity contribution is 7.17. The van der Waals surface area contributed by atoms with E-state index in [0.717, 1.165) is 9.75 Å². The molecule has 0 spiro atoms. The number of hydrogen-bond donors (Lipinski definition) is 0. The molecule has 6 rings (SSSR count). The number of fused-ring (bicyclic) bond motifs is 4. The summed E-state index contributed by atoms with van der Waals surface area (Å²) in [5.41, 5.74) is 6.31. The molecule has 2 aromatic heterocycles. The molecule has 6 aromatic rings. The van der Waals surface area contributed by atoms with Gasteiger partial charge in [-0.2, -0.15) is 0 Å². The van der Waals surface area contributed by atoms with Crippen LogP contribution in [-0.4, -0.2) is 4.57 Å². The Hall–Kier alpha value is -3.88. The number of nitrogens with zero attached hydrogens (tertiary/aromatic N) is 1. The molecular formula is C32H27NS. The Kier molecular flexibility index (Phi) is 5.91. The molecule has 1 nitrogen and oxygen atoms in total. The fourth-order valence-corrected chi connectivity index (χ4v) is 5.34. The Labute approximate surface area is 204 Å². The van der Waals surface area contributed by atoms with Crippen LogP contribution in [0.15, 0.2) is 103 Å². The topological polar surface area (TPSA) is 4.93 Å². The van der Waals surface area contributed by atoms with E-state index < -0.39 is 0 Å². The third kappa shape index (κ3) is 3.87. The summed E-state index contributed by atoms with van der Waals surface area (Å²) in [6.45, 7) is 12.1. The molecule has 0 bridgehead atoms. The number of rotatable bonds is 2. The lowest BCUT2D eigenvalue weighted by molar-refractivity contribution is 1.18. The number of aromatic nitrogens is 1. The lowest BCUT2D eigenvalue weighted by atomic mass is 10.0. The summed E-state index contributed by atoms with van der Waals surface area (Å²) in [4.78, 5) is 0. The van der Waals surface area contributed by atoms with Crippen molar-refractivity contribution in [1.29, 1.82) is 0 Å². The number of hydrogen-bond acceptors (Lipinski definition) is 1. The highest BCUT2D eigenvalue weighted by Gasteiger charge is 2.12. The van der Waals surface area contributed by atoms with E-state index in [9.17, 15) is 0 Å². The number of allylic oxidation sites excluding steroid dienone is 2. The first-order chi connectivity index (χ1) is 16.6. The highest BCUT2D eigenvalue weighted by atomic mass is 32.1. The molecule has 166 valence electrons. The van der Waals surface area contributed by atoms with E-state index in [1.54, 1.807) is 11.3 Å². The van der Waals surface area contributed by atoms with Gasteiger partial charge < -0.3 is 4.57 Å². The van der Waals surface area contributed by atoms with Gasteiger partial charge in [0.15, 0.2) is 0 Å². The number of benzene rings is 4. The minimum absolute atomic E-state index is 1.07. The van der Waals surface area contributed by atoms with E-state index in [1.165, 1.54) is 48.7 Å². The maximum absolute atomic E-state index is 3.96. The molecule has 0 atom stereocenters. The Bertz CT molecular complexity index is 1750. The van der Waals surface area contributed by atoms with Crippen LogP contribution >= 0.6 is 11.3 Å². The molecule has 0 aliphatic rings. The molecule has 0 aliphatic carbocycles. The van der Waals surface area contributed by atoms with Gasteiger partial charge in [0.2, 0.25) is 0 Å². The van der Waals surface area contributed by atoms with Gasteiger partial charge in [0.05, 0.1) is 11.0 Å². The van der Waals surface area contributed by atoms with E-state index in [-0.39, 0.29) is 0 Å². The van der Waals surface area contributed by atoms with Gasteiger partial charge in [-0.15, -0.1) is 11.3 Å². The van der Waals surface area contributed by atoms with Crippen molar-refractivity contribution in [2.45, 2.75) is 13.8 Å². The van der Waals surface area contributed by atoms with Crippen molar-refractivity contribution in [3.05, 3.63) is 118 Å². The third-order valence-corrected chi connectivity index (χ3v) is 7.43. The van der Waals surface area contributed by atoms with Crippen LogP contribution < -0.4 is 9.75 Å². The summed E-state index contributed by atoms with van der Waals surface area (Å²) in [7, 11) is 0. The Morgan fingerprint density at radius 1 is 0.735 bits per heavy atom. The molecular weight excluding hydrogens is 430 g/mol. The van der Waals surface area contributed by atoms with Gasteiger partial charge in [-0.25, -0.2) is 0 Å². The van der Waals surface area contributed by atoms with Crippen LogP contribution in [-0.2, 0) is 0 Å². The zero-order chi connectivity index (χ0) is 23.7. The van der Waals surface area contributed by atoms with Crippen molar-refractivity contribution in [3.63, 3.8) is 0 Å². The summed E-state index contributed by atoms with van der Waals surface area (Å²) in [5.74, 6) is 0. The predicted molar refractivity (Wildman–Crippen MR) is 152 cm³/mol. The summed E-state index contributed by atoms with van der Waals surface area (Å²) in [6.07, 6.45) is 2.16. The van der Waals surface area contributed by atoms with E-state index in [1.807, 2.05) is 12.1 Å². The summed E-state index contributed by atoms with van der Waals surface area (Å²) in [6, 6.07) is 34.2. The van der Waals surface area contributed by atoms with Crippen LogP contribution in [0.3, 0.4) is 0 Å². The highest BCUT2D eigenvalue weighted by Crippen LogP contribution is 2.33.